The first kappa shape index (κ1) is 22.2. The summed E-state index contributed by atoms with van der Waals surface area (Å²) >= 11 is 0. The van der Waals surface area contributed by atoms with E-state index in [0.717, 1.165) is 45.3 Å². The maximum atomic E-state index is 11.9. The average molecular weight is 362 g/mol. The number of nitrogens with one attached hydrogen (secondary N) is 1. The predicted octanol–water partition coefficient (Wildman–Crippen LogP) is 2.60. The van der Waals surface area contributed by atoms with Gasteiger partial charge in [0, 0.05) is 25.0 Å². The first-order chi connectivity index (χ1) is 10.1. The van der Waals surface area contributed by atoms with Gasteiger partial charge in [-0.2, -0.15) is 0 Å². The van der Waals surface area contributed by atoms with Crippen LogP contribution in [-0.4, -0.2) is 37.0 Å². The Labute approximate surface area is 152 Å². The van der Waals surface area contributed by atoms with Crippen LogP contribution in [0.3, 0.4) is 0 Å². The molecule has 3 N–H and O–H groups in total. The van der Waals surface area contributed by atoms with Gasteiger partial charge in [-0.25, -0.2) is 0 Å². The Hall–Kier alpha value is -0.810. The van der Waals surface area contributed by atoms with Crippen molar-refractivity contribution in [2.24, 2.45) is 11.7 Å². The zero-order valence-corrected chi connectivity index (χ0v) is 15.4. The van der Waals surface area contributed by atoms with Gasteiger partial charge in [0.05, 0.1) is 0 Å². The third-order valence-electron chi connectivity index (χ3n) is 4.16. The van der Waals surface area contributed by atoms with Gasteiger partial charge in [-0.3, -0.25) is 4.79 Å². The maximum absolute atomic E-state index is 11.9. The smallest absolute Gasteiger partial charge is 0.223 e. The van der Waals surface area contributed by atoms with Crippen LogP contribution in [0.1, 0.15) is 31.2 Å². The summed E-state index contributed by atoms with van der Waals surface area (Å²) in [6.07, 6.45) is 3.76. The van der Waals surface area contributed by atoms with Crippen LogP contribution >= 0.6 is 24.8 Å². The van der Waals surface area contributed by atoms with E-state index in [1.165, 1.54) is 5.56 Å². The van der Waals surface area contributed by atoms with Crippen LogP contribution in [0.25, 0.3) is 0 Å². The second-order valence-corrected chi connectivity index (χ2v) is 6.14. The van der Waals surface area contributed by atoms with Crippen LogP contribution < -0.4 is 11.1 Å². The molecule has 0 heterocycles. The molecule has 1 saturated carbocycles. The predicted molar refractivity (Wildman–Crippen MR) is 100 cm³/mol. The number of nitrogens with zero attached hydrogens (tertiary/aromatic N) is 1. The molecule has 2 rings (SSSR count). The van der Waals surface area contributed by atoms with Gasteiger partial charge in [0.15, 0.2) is 0 Å². The lowest BCUT2D eigenvalue weighted by atomic mass is 10.1. The fourth-order valence-corrected chi connectivity index (χ4v) is 2.93. The summed E-state index contributed by atoms with van der Waals surface area (Å²) in [7, 11) is 2.12. The molecule has 1 aromatic rings. The minimum atomic E-state index is 0. The lowest BCUT2D eigenvalue weighted by Gasteiger charge is -2.17. The SMILES string of the molecule is CN(CCCNC(=O)C1CCC(N)C1)Cc1ccccc1.Cl.Cl. The molecule has 0 radical (unpaired) electrons. The molecule has 1 aliphatic rings. The Morgan fingerprint density at radius 1 is 1.26 bits per heavy atom. The minimum absolute atomic E-state index is 0. The van der Waals surface area contributed by atoms with Crippen molar-refractivity contribution in [3.05, 3.63) is 35.9 Å². The van der Waals surface area contributed by atoms with Gasteiger partial charge in [-0.15, -0.1) is 24.8 Å². The van der Waals surface area contributed by atoms with E-state index in [1.807, 2.05) is 6.07 Å². The highest BCUT2D eigenvalue weighted by atomic mass is 35.5. The van der Waals surface area contributed by atoms with Crippen LogP contribution in [0.5, 0.6) is 0 Å². The number of hydrogen-bond acceptors (Lipinski definition) is 3. The number of benzene rings is 1. The van der Waals surface area contributed by atoms with E-state index in [4.69, 9.17) is 5.73 Å². The summed E-state index contributed by atoms with van der Waals surface area (Å²) in [6, 6.07) is 10.7. The molecule has 0 aliphatic heterocycles. The maximum Gasteiger partial charge on any atom is 0.223 e. The molecule has 0 aromatic heterocycles. The number of hydrogen-bond donors (Lipinski definition) is 2. The summed E-state index contributed by atoms with van der Waals surface area (Å²) in [5, 5.41) is 3.04. The first-order valence-electron chi connectivity index (χ1n) is 7.91. The molecule has 6 heteroatoms. The summed E-state index contributed by atoms with van der Waals surface area (Å²) < 4.78 is 0. The Morgan fingerprint density at radius 3 is 2.57 bits per heavy atom. The molecule has 132 valence electrons. The zero-order chi connectivity index (χ0) is 15.1. The summed E-state index contributed by atoms with van der Waals surface area (Å²) in [4.78, 5) is 14.2. The summed E-state index contributed by atoms with van der Waals surface area (Å²) in [5.41, 5.74) is 7.17. The highest BCUT2D eigenvalue weighted by Gasteiger charge is 2.27. The van der Waals surface area contributed by atoms with Gasteiger partial charge < -0.3 is 16.0 Å². The number of carbonyl (C=O) groups is 1. The molecule has 0 spiro atoms. The van der Waals surface area contributed by atoms with Crippen LogP contribution in [0.4, 0.5) is 0 Å². The summed E-state index contributed by atoms with van der Waals surface area (Å²) in [6.45, 7) is 2.69. The molecule has 0 saturated heterocycles. The van der Waals surface area contributed by atoms with Crippen molar-refractivity contribution in [1.29, 1.82) is 0 Å². The molecule has 23 heavy (non-hydrogen) atoms. The average Bonchev–Trinajstić information content (AvgIpc) is 2.91. The number of halogens is 2. The molecule has 2 unspecified atom stereocenters. The highest BCUT2D eigenvalue weighted by Crippen LogP contribution is 2.23. The summed E-state index contributed by atoms with van der Waals surface area (Å²) in [5.74, 6) is 0.329. The van der Waals surface area contributed by atoms with Gasteiger partial charge in [0.1, 0.15) is 0 Å². The van der Waals surface area contributed by atoms with E-state index in [2.05, 4.69) is 41.5 Å². The molecule has 0 bridgehead atoms. The fraction of sp³-hybridized carbons (Fsp3) is 0.588. The van der Waals surface area contributed by atoms with Crippen molar-refractivity contribution in [2.45, 2.75) is 38.3 Å². The monoisotopic (exact) mass is 361 g/mol. The van der Waals surface area contributed by atoms with E-state index in [1.54, 1.807) is 0 Å². The zero-order valence-electron chi connectivity index (χ0n) is 13.7. The molecule has 4 nitrogen and oxygen atoms in total. The molecule has 1 amide bonds. The lowest BCUT2D eigenvalue weighted by Crippen LogP contribution is -2.32. The van der Waals surface area contributed by atoms with Gasteiger partial charge in [-0.05, 0) is 44.8 Å². The molecule has 1 fully saturated rings. The molecular formula is C17H29Cl2N3O. The normalized spacial score (nSPS) is 19.8. The Morgan fingerprint density at radius 2 is 1.96 bits per heavy atom. The quantitative estimate of drug-likeness (QED) is 0.733. The molecular weight excluding hydrogens is 333 g/mol. The van der Waals surface area contributed by atoms with Crippen molar-refractivity contribution >= 4 is 30.7 Å². The number of amides is 1. The van der Waals surface area contributed by atoms with Crippen molar-refractivity contribution in [3.63, 3.8) is 0 Å². The van der Waals surface area contributed by atoms with Crippen molar-refractivity contribution in [3.8, 4) is 0 Å². The number of rotatable bonds is 7. The van der Waals surface area contributed by atoms with E-state index < -0.39 is 0 Å². The standard InChI is InChI=1S/C17H27N3O.2ClH/c1-20(13-14-6-3-2-4-7-14)11-5-10-19-17(21)15-8-9-16(18)12-15;;/h2-4,6-7,15-16H,5,8-13,18H2,1H3,(H,19,21);2*1H. The highest BCUT2D eigenvalue weighted by molar-refractivity contribution is 5.85. The van der Waals surface area contributed by atoms with Gasteiger partial charge in [0.25, 0.3) is 0 Å². The second-order valence-electron chi connectivity index (χ2n) is 6.14. The van der Waals surface area contributed by atoms with Crippen LogP contribution in [0.15, 0.2) is 30.3 Å². The molecule has 2 atom stereocenters. The molecule has 1 aromatic carbocycles. The first-order valence-corrected chi connectivity index (χ1v) is 7.91. The van der Waals surface area contributed by atoms with Crippen molar-refractivity contribution in [2.75, 3.05) is 20.1 Å². The van der Waals surface area contributed by atoms with Crippen LogP contribution in [-0.2, 0) is 11.3 Å². The Bertz CT molecular complexity index is 445. The third-order valence-corrected chi connectivity index (χ3v) is 4.16. The van der Waals surface area contributed by atoms with Crippen LogP contribution in [0, 0.1) is 5.92 Å². The minimum Gasteiger partial charge on any atom is -0.356 e. The van der Waals surface area contributed by atoms with E-state index in [9.17, 15) is 4.79 Å². The third kappa shape index (κ3) is 8.02. The van der Waals surface area contributed by atoms with Gasteiger partial charge >= 0.3 is 0 Å². The van der Waals surface area contributed by atoms with Crippen LogP contribution in [0.2, 0.25) is 0 Å². The van der Waals surface area contributed by atoms with E-state index in [0.29, 0.717) is 0 Å². The van der Waals surface area contributed by atoms with Crippen molar-refractivity contribution < 1.29 is 4.79 Å². The molecule has 1 aliphatic carbocycles. The van der Waals surface area contributed by atoms with E-state index >= 15 is 0 Å². The van der Waals surface area contributed by atoms with Gasteiger partial charge in [-0.1, -0.05) is 30.3 Å². The number of nitrogens with two attached hydrogens (primary N) is 1. The number of carbonyl (C=O) groups excluding carboxylic acids is 1. The fourth-order valence-electron chi connectivity index (χ4n) is 2.93. The second kappa shape index (κ2) is 11.7. The Balaban J connectivity index is 0.00000242. The Kier molecular flexibility index (Phi) is 11.3. The van der Waals surface area contributed by atoms with E-state index in [-0.39, 0.29) is 42.7 Å². The van der Waals surface area contributed by atoms with Crippen molar-refractivity contribution in [1.82, 2.24) is 10.2 Å². The van der Waals surface area contributed by atoms with Gasteiger partial charge in [0.2, 0.25) is 5.91 Å². The largest absolute Gasteiger partial charge is 0.356 e. The lowest BCUT2D eigenvalue weighted by molar-refractivity contribution is -0.124. The topological polar surface area (TPSA) is 58.4 Å².